The Kier molecular flexibility index (Phi) is 6.77. The Morgan fingerprint density at radius 3 is 1.43 bits per heavy atom. The molecule has 0 aliphatic carbocycles. The maximum absolute atomic E-state index is 3.67. The zero-order valence-electron chi connectivity index (χ0n) is 8.83. The van der Waals surface area contributed by atoms with Gasteiger partial charge in [0.1, 0.15) is 0 Å². The molecule has 0 aromatic carbocycles. The molecule has 0 saturated carbocycles. The molecule has 0 aromatic rings. The van der Waals surface area contributed by atoms with Crippen molar-refractivity contribution in [2.24, 2.45) is 0 Å². The number of allylic oxidation sites excluding steroid dienone is 2. The third-order valence-corrected chi connectivity index (χ3v) is 1.08. The molecule has 0 heterocycles. The number of rotatable bonds is 0. The van der Waals surface area contributed by atoms with Gasteiger partial charge >= 0.3 is 0 Å². The predicted molar refractivity (Wildman–Crippen MR) is 62.2 cm³/mol. The van der Waals surface area contributed by atoms with Crippen molar-refractivity contribution < 1.29 is 0 Å². The molecule has 0 heteroatoms. The fourth-order valence-electron chi connectivity index (χ4n) is 0.604. The van der Waals surface area contributed by atoms with E-state index in [9.17, 15) is 0 Å². The van der Waals surface area contributed by atoms with Gasteiger partial charge in [0.15, 0.2) is 0 Å². The van der Waals surface area contributed by atoms with E-state index in [1.807, 2.05) is 13.8 Å². The van der Waals surface area contributed by atoms with Gasteiger partial charge in [0.25, 0.3) is 0 Å². The van der Waals surface area contributed by atoms with E-state index in [1.54, 1.807) is 0 Å². The van der Waals surface area contributed by atoms with Crippen molar-refractivity contribution in [3.05, 3.63) is 24.3 Å². The van der Waals surface area contributed by atoms with Gasteiger partial charge < -0.3 is 0 Å². The average molecular weight is 182 g/mol. The van der Waals surface area contributed by atoms with Crippen LogP contribution in [0.2, 0.25) is 0 Å². The van der Waals surface area contributed by atoms with Gasteiger partial charge in [0.05, 0.1) is 12.8 Å². The van der Waals surface area contributed by atoms with Crippen molar-refractivity contribution in [3.63, 3.8) is 0 Å². The maximum atomic E-state index is 3.67. The van der Waals surface area contributed by atoms with Crippen LogP contribution in [-0.4, -0.2) is 0 Å². The molecule has 0 amide bonds. The summed E-state index contributed by atoms with van der Waals surface area (Å²) in [6, 6.07) is 0. The molecule has 0 atom stereocenters. The van der Waals surface area contributed by atoms with Crippen LogP contribution < -0.4 is 0 Å². The minimum atomic E-state index is 0.585. The van der Waals surface area contributed by atoms with E-state index >= 15 is 0 Å². The van der Waals surface area contributed by atoms with Crippen LogP contribution in [0.1, 0.15) is 26.7 Å². The van der Waals surface area contributed by atoms with Gasteiger partial charge in [-0.05, 0) is 25.0 Å². The van der Waals surface area contributed by atoms with E-state index in [4.69, 9.17) is 0 Å². The second kappa shape index (κ2) is 7.79. The van der Waals surface area contributed by atoms with Crippen LogP contribution in [0.5, 0.6) is 0 Å². The molecule has 0 saturated heterocycles. The van der Waals surface area contributed by atoms with Crippen molar-refractivity contribution >= 4 is 0 Å². The van der Waals surface area contributed by atoms with E-state index in [0.717, 1.165) is 11.1 Å². The minimum absolute atomic E-state index is 0.585. The molecule has 0 radical (unpaired) electrons. The van der Waals surface area contributed by atoms with Gasteiger partial charge in [-0.25, -0.2) is 0 Å². The molecule has 0 rings (SSSR count). The summed E-state index contributed by atoms with van der Waals surface area (Å²) in [5, 5.41) is 0. The van der Waals surface area contributed by atoms with Crippen LogP contribution in [0.15, 0.2) is 24.3 Å². The van der Waals surface area contributed by atoms with Crippen LogP contribution in [-0.2, 0) is 0 Å². The Labute approximate surface area is 87.1 Å². The molecular formula is C14H14. The monoisotopic (exact) mass is 182 g/mol. The molecule has 0 unspecified atom stereocenters. The van der Waals surface area contributed by atoms with E-state index in [-0.39, 0.29) is 0 Å². The summed E-state index contributed by atoms with van der Waals surface area (Å²) in [5.41, 5.74) is 1.74. The Hall–Kier alpha value is -1.84. The lowest BCUT2D eigenvalue weighted by molar-refractivity contribution is 1.48. The van der Waals surface area contributed by atoms with Crippen LogP contribution in [0.4, 0.5) is 0 Å². The molecule has 0 fully saturated rings. The summed E-state index contributed by atoms with van der Waals surface area (Å²) < 4.78 is 0. The predicted octanol–water partition coefficient (Wildman–Crippen LogP) is 2.93. The average Bonchev–Trinajstić information content (AvgIpc) is 2.08. The summed E-state index contributed by atoms with van der Waals surface area (Å²) in [4.78, 5) is 0. The Morgan fingerprint density at radius 2 is 1.14 bits per heavy atom. The number of hydrogen-bond acceptors (Lipinski definition) is 0. The fourth-order valence-corrected chi connectivity index (χ4v) is 0.604. The maximum Gasteiger partial charge on any atom is 0.0706 e. The zero-order valence-corrected chi connectivity index (χ0v) is 8.83. The molecule has 0 aliphatic heterocycles. The standard InChI is InChI=1S/C14H14/c1-13(2)11-9-7-5-6-8-10-12-14(3)4/h1,3,7-8H2,2,4H3. The quantitative estimate of drug-likeness (QED) is 0.505. The summed E-state index contributed by atoms with van der Waals surface area (Å²) in [6.45, 7) is 11.1. The molecule has 0 bridgehead atoms. The first-order chi connectivity index (χ1) is 6.63. The second-order valence-electron chi connectivity index (χ2n) is 2.87. The van der Waals surface area contributed by atoms with E-state index in [2.05, 4.69) is 48.7 Å². The van der Waals surface area contributed by atoms with Gasteiger partial charge in [0.2, 0.25) is 0 Å². The summed E-state index contributed by atoms with van der Waals surface area (Å²) >= 11 is 0. The first-order valence-corrected chi connectivity index (χ1v) is 4.37. The van der Waals surface area contributed by atoms with E-state index in [0.29, 0.717) is 12.8 Å². The molecule has 0 aliphatic rings. The summed E-state index contributed by atoms with van der Waals surface area (Å²) in [7, 11) is 0. The van der Waals surface area contributed by atoms with Gasteiger partial charge in [-0.1, -0.05) is 48.7 Å². The van der Waals surface area contributed by atoms with Crippen LogP contribution >= 0.6 is 0 Å². The number of hydrogen-bond donors (Lipinski definition) is 0. The van der Waals surface area contributed by atoms with Crippen molar-refractivity contribution in [2.45, 2.75) is 26.7 Å². The van der Waals surface area contributed by atoms with Crippen molar-refractivity contribution in [3.8, 4) is 35.5 Å². The molecule has 14 heavy (non-hydrogen) atoms. The highest BCUT2D eigenvalue weighted by atomic mass is 13.8. The highest BCUT2D eigenvalue weighted by Crippen LogP contribution is 1.83. The molecule has 0 nitrogen and oxygen atoms in total. The van der Waals surface area contributed by atoms with Crippen LogP contribution in [0.25, 0.3) is 0 Å². The van der Waals surface area contributed by atoms with Crippen molar-refractivity contribution in [1.29, 1.82) is 0 Å². The fraction of sp³-hybridized carbons (Fsp3) is 0.286. The van der Waals surface area contributed by atoms with Gasteiger partial charge in [-0.15, -0.1) is 0 Å². The molecule has 0 N–H and O–H groups in total. The second-order valence-corrected chi connectivity index (χ2v) is 2.87. The Balaban J connectivity index is 3.79. The highest BCUT2D eigenvalue weighted by Gasteiger charge is 1.71. The van der Waals surface area contributed by atoms with Crippen LogP contribution in [0.3, 0.4) is 0 Å². The lowest BCUT2D eigenvalue weighted by atomic mass is 10.3. The van der Waals surface area contributed by atoms with Crippen LogP contribution in [0, 0.1) is 35.5 Å². The van der Waals surface area contributed by atoms with Gasteiger partial charge in [-0.3, -0.25) is 0 Å². The molecule has 70 valence electrons. The topological polar surface area (TPSA) is 0 Å². The summed E-state index contributed by atoms with van der Waals surface area (Å²) in [5.74, 6) is 17.3. The first-order valence-electron chi connectivity index (χ1n) is 4.37. The van der Waals surface area contributed by atoms with Gasteiger partial charge in [-0.2, -0.15) is 0 Å². The lowest BCUT2D eigenvalue weighted by Crippen LogP contribution is -1.66. The largest absolute Gasteiger partial charge is 0.0892 e. The third-order valence-electron chi connectivity index (χ3n) is 1.08. The highest BCUT2D eigenvalue weighted by molar-refractivity contribution is 5.27. The SMILES string of the molecule is C=C(C)C#CCC#CCC#CC(=C)C. The Bertz CT molecular complexity index is 351. The van der Waals surface area contributed by atoms with Crippen molar-refractivity contribution in [1.82, 2.24) is 0 Å². The Morgan fingerprint density at radius 1 is 0.786 bits per heavy atom. The normalized spacial score (nSPS) is 6.71. The molecular weight excluding hydrogens is 168 g/mol. The van der Waals surface area contributed by atoms with E-state index < -0.39 is 0 Å². The first kappa shape index (κ1) is 12.2. The zero-order chi connectivity index (χ0) is 10.8. The molecule has 0 spiro atoms. The smallest absolute Gasteiger partial charge is 0.0706 e. The van der Waals surface area contributed by atoms with Gasteiger partial charge in [0, 0.05) is 0 Å². The third kappa shape index (κ3) is 10.2. The lowest BCUT2D eigenvalue weighted by Gasteiger charge is -1.76. The van der Waals surface area contributed by atoms with Crippen molar-refractivity contribution in [2.75, 3.05) is 0 Å². The molecule has 0 aromatic heterocycles. The van der Waals surface area contributed by atoms with E-state index in [1.165, 1.54) is 0 Å². The minimum Gasteiger partial charge on any atom is -0.0892 e. The summed E-state index contributed by atoms with van der Waals surface area (Å²) in [6.07, 6.45) is 1.17.